The van der Waals surface area contributed by atoms with Crippen LogP contribution in [0, 0.1) is 6.92 Å². The van der Waals surface area contributed by atoms with E-state index in [1.807, 2.05) is 85.6 Å². The van der Waals surface area contributed by atoms with Crippen LogP contribution in [0.15, 0.2) is 54.6 Å². The third kappa shape index (κ3) is 6.53. The fraction of sp³-hybridized carbons (Fsp3) is 0.364. The Kier molecular flexibility index (Phi) is 8.01. The second-order valence-corrected chi connectivity index (χ2v) is 6.66. The Morgan fingerprint density at radius 1 is 1.00 bits per heavy atom. The number of benzene rings is 2. The zero-order valence-corrected chi connectivity index (χ0v) is 16.4. The Balaban J connectivity index is 2.00. The summed E-state index contributed by atoms with van der Waals surface area (Å²) in [5.74, 6) is -0.0312. The quantitative estimate of drug-likeness (QED) is 0.711. The molecule has 0 aliphatic rings. The minimum Gasteiger partial charge on any atom is -0.338 e. The van der Waals surface area contributed by atoms with Gasteiger partial charge in [0.15, 0.2) is 12.6 Å². The number of anilines is 1. The number of carbonyl (C=O) groups is 2. The third-order valence-corrected chi connectivity index (χ3v) is 4.61. The molecule has 2 rings (SSSR count). The van der Waals surface area contributed by atoms with Crippen molar-refractivity contribution in [2.24, 2.45) is 0 Å². The van der Waals surface area contributed by atoms with Gasteiger partial charge in [-0.1, -0.05) is 48.0 Å². The lowest BCUT2D eigenvalue weighted by Gasteiger charge is -2.23. The molecule has 5 nitrogen and oxygen atoms in total. The first-order valence-electron chi connectivity index (χ1n) is 9.56. The van der Waals surface area contributed by atoms with Gasteiger partial charge in [-0.05, 0) is 38.5 Å². The zero-order valence-electron chi connectivity index (χ0n) is 16.4. The molecule has 0 aliphatic carbocycles. The maximum absolute atomic E-state index is 12.9. The second kappa shape index (κ2) is 10.5. The van der Waals surface area contributed by atoms with Crippen LogP contribution in [0.25, 0.3) is 0 Å². The molecule has 0 saturated heterocycles. The molecule has 0 aromatic heterocycles. The molecule has 0 unspecified atom stereocenters. The molecule has 5 heteroatoms. The fourth-order valence-corrected chi connectivity index (χ4v) is 3.01. The van der Waals surface area contributed by atoms with Crippen molar-refractivity contribution in [3.05, 3.63) is 65.7 Å². The van der Waals surface area contributed by atoms with Crippen molar-refractivity contribution in [1.82, 2.24) is 4.90 Å². The molecular formula is C22H30N3O2+. The summed E-state index contributed by atoms with van der Waals surface area (Å²) in [5.41, 5.74) is 3.01. The van der Waals surface area contributed by atoms with Crippen LogP contribution < -0.4 is 10.6 Å². The number of aryl methyl sites for hydroxylation is 1. The Hall–Kier alpha value is -2.66. The summed E-state index contributed by atoms with van der Waals surface area (Å²) in [5, 5.41) is 4.73. The molecule has 3 N–H and O–H groups in total. The van der Waals surface area contributed by atoms with Gasteiger partial charge in [0.2, 0.25) is 0 Å². The molecule has 0 radical (unpaired) electrons. The van der Waals surface area contributed by atoms with Gasteiger partial charge in [-0.25, -0.2) is 0 Å². The first-order valence-corrected chi connectivity index (χ1v) is 9.56. The molecule has 0 spiro atoms. The van der Waals surface area contributed by atoms with Gasteiger partial charge in [0.25, 0.3) is 11.8 Å². The second-order valence-electron chi connectivity index (χ2n) is 6.66. The van der Waals surface area contributed by atoms with Crippen molar-refractivity contribution in [2.45, 2.75) is 33.2 Å². The molecule has 2 aromatic rings. The minimum absolute atomic E-state index is 0.0759. The summed E-state index contributed by atoms with van der Waals surface area (Å²) in [6.07, 6.45) is 0.605. The molecule has 2 amide bonds. The highest BCUT2D eigenvalue weighted by Gasteiger charge is 2.27. The lowest BCUT2D eigenvalue weighted by atomic mass is 10.0. The average molecular weight is 369 g/mol. The van der Waals surface area contributed by atoms with E-state index < -0.39 is 0 Å². The predicted molar refractivity (Wildman–Crippen MR) is 108 cm³/mol. The SMILES string of the molecule is CCN(CC)C(=O)[C@H](Cc1ccccc1)[NH2+]CC(=O)Nc1ccc(C)cc1. The summed E-state index contributed by atoms with van der Waals surface area (Å²) < 4.78 is 0. The molecule has 1 atom stereocenters. The lowest BCUT2D eigenvalue weighted by molar-refractivity contribution is -0.666. The highest BCUT2D eigenvalue weighted by Crippen LogP contribution is 2.08. The summed E-state index contributed by atoms with van der Waals surface area (Å²) >= 11 is 0. The van der Waals surface area contributed by atoms with Gasteiger partial charge in [0.1, 0.15) is 0 Å². The molecule has 0 fully saturated rings. The largest absolute Gasteiger partial charge is 0.338 e. The molecule has 27 heavy (non-hydrogen) atoms. The van der Waals surface area contributed by atoms with E-state index in [2.05, 4.69) is 5.32 Å². The smallest absolute Gasteiger partial charge is 0.281 e. The monoisotopic (exact) mass is 368 g/mol. The molecule has 0 heterocycles. The van der Waals surface area contributed by atoms with E-state index in [-0.39, 0.29) is 24.4 Å². The van der Waals surface area contributed by atoms with Gasteiger partial charge >= 0.3 is 0 Å². The number of nitrogens with zero attached hydrogens (tertiary/aromatic N) is 1. The number of nitrogens with one attached hydrogen (secondary N) is 1. The van der Waals surface area contributed by atoms with Crippen molar-refractivity contribution >= 4 is 17.5 Å². The van der Waals surface area contributed by atoms with Gasteiger partial charge in [0, 0.05) is 25.2 Å². The predicted octanol–water partition coefficient (Wildman–Crippen LogP) is 1.98. The number of carbonyl (C=O) groups excluding carboxylic acids is 2. The number of nitrogens with two attached hydrogens (primary N) is 1. The molecule has 0 saturated carbocycles. The molecule has 0 bridgehead atoms. The number of hydrogen-bond donors (Lipinski definition) is 2. The average Bonchev–Trinajstić information content (AvgIpc) is 2.68. The third-order valence-electron chi connectivity index (χ3n) is 4.61. The van der Waals surface area contributed by atoms with Crippen LogP contribution >= 0.6 is 0 Å². The summed E-state index contributed by atoms with van der Waals surface area (Å²) in [4.78, 5) is 27.0. The van der Waals surface area contributed by atoms with E-state index in [1.54, 1.807) is 0 Å². The summed E-state index contributed by atoms with van der Waals surface area (Å²) in [7, 11) is 0. The van der Waals surface area contributed by atoms with Gasteiger partial charge < -0.3 is 15.5 Å². The lowest BCUT2D eigenvalue weighted by Crippen LogP contribution is -2.94. The number of quaternary nitrogens is 1. The van der Waals surface area contributed by atoms with Crippen LogP contribution in [0.3, 0.4) is 0 Å². The highest BCUT2D eigenvalue weighted by molar-refractivity contribution is 5.91. The zero-order chi connectivity index (χ0) is 19.6. The summed E-state index contributed by atoms with van der Waals surface area (Å²) in [6, 6.07) is 17.3. The van der Waals surface area contributed by atoms with Crippen LogP contribution in [0.2, 0.25) is 0 Å². The van der Waals surface area contributed by atoms with Gasteiger partial charge in [-0.2, -0.15) is 0 Å². The first kappa shape index (κ1) is 20.6. The molecule has 144 valence electrons. The number of amides is 2. The Labute approximate surface area is 161 Å². The van der Waals surface area contributed by atoms with E-state index >= 15 is 0 Å². The van der Waals surface area contributed by atoms with Crippen molar-refractivity contribution < 1.29 is 14.9 Å². The van der Waals surface area contributed by atoms with E-state index in [0.717, 1.165) is 16.8 Å². The van der Waals surface area contributed by atoms with Crippen molar-refractivity contribution in [1.29, 1.82) is 0 Å². The van der Waals surface area contributed by atoms with Crippen LogP contribution in [0.5, 0.6) is 0 Å². The van der Waals surface area contributed by atoms with Crippen LogP contribution in [0.1, 0.15) is 25.0 Å². The van der Waals surface area contributed by atoms with E-state index in [0.29, 0.717) is 19.5 Å². The van der Waals surface area contributed by atoms with Crippen LogP contribution in [-0.2, 0) is 16.0 Å². The van der Waals surface area contributed by atoms with E-state index in [9.17, 15) is 9.59 Å². The fourth-order valence-electron chi connectivity index (χ4n) is 3.01. The number of rotatable bonds is 9. The van der Waals surface area contributed by atoms with Crippen LogP contribution in [0.4, 0.5) is 5.69 Å². The first-order chi connectivity index (χ1) is 13.0. The molecular weight excluding hydrogens is 338 g/mol. The minimum atomic E-state index is -0.309. The molecule has 0 aliphatic heterocycles. The number of hydrogen-bond acceptors (Lipinski definition) is 2. The van der Waals surface area contributed by atoms with E-state index in [1.165, 1.54) is 0 Å². The van der Waals surface area contributed by atoms with Crippen molar-refractivity contribution in [3.8, 4) is 0 Å². The van der Waals surface area contributed by atoms with Crippen LogP contribution in [-0.4, -0.2) is 42.4 Å². The topological polar surface area (TPSA) is 66.0 Å². The van der Waals surface area contributed by atoms with Gasteiger partial charge in [-0.15, -0.1) is 0 Å². The normalized spacial score (nSPS) is 11.7. The number of likely N-dealkylation sites (N-methyl/N-ethyl adjacent to an activating group) is 1. The van der Waals surface area contributed by atoms with Gasteiger partial charge in [0.05, 0.1) is 0 Å². The van der Waals surface area contributed by atoms with Crippen molar-refractivity contribution in [2.75, 3.05) is 25.0 Å². The highest BCUT2D eigenvalue weighted by atomic mass is 16.2. The maximum Gasteiger partial charge on any atom is 0.281 e. The maximum atomic E-state index is 12.9. The summed E-state index contributed by atoms with van der Waals surface area (Å²) in [6.45, 7) is 7.51. The van der Waals surface area contributed by atoms with Gasteiger partial charge in [-0.3, -0.25) is 9.59 Å². The van der Waals surface area contributed by atoms with E-state index in [4.69, 9.17) is 0 Å². The molecule has 2 aromatic carbocycles. The Morgan fingerprint density at radius 2 is 1.63 bits per heavy atom. The Morgan fingerprint density at radius 3 is 2.22 bits per heavy atom. The standard InChI is InChI=1S/C22H29N3O2/c1-4-25(5-2)22(27)20(15-18-9-7-6-8-10-18)23-16-21(26)24-19-13-11-17(3)12-14-19/h6-14,20,23H,4-5,15-16H2,1-3H3,(H,24,26)/p+1/t20-/m0/s1. The van der Waals surface area contributed by atoms with Crippen molar-refractivity contribution in [3.63, 3.8) is 0 Å². The Bertz CT molecular complexity index is 725.